The van der Waals surface area contributed by atoms with Gasteiger partial charge in [0.25, 0.3) is 0 Å². The molecule has 1 aromatic heterocycles. The fourth-order valence-electron chi connectivity index (χ4n) is 1.54. The van der Waals surface area contributed by atoms with Gasteiger partial charge in [-0.1, -0.05) is 12.1 Å². The van der Waals surface area contributed by atoms with Crippen LogP contribution in [-0.4, -0.2) is 5.91 Å². The summed E-state index contributed by atoms with van der Waals surface area (Å²) in [6, 6.07) is 7.15. The van der Waals surface area contributed by atoms with Gasteiger partial charge < -0.3 is 11.1 Å². The second kappa shape index (κ2) is 5.29. The van der Waals surface area contributed by atoms with Crippen LogP contribution in [0.3, 0.4) is 0 Å². The van der Waals surface area contributed by atoms with Crippen LogP contribution in [0.2, 0.25) is 0 Å². The van der Waals surface area contributed by atoms with Crippen LogP contribution in [0, 0.1) is 12.7 Å². The van der Waals surface area contributed by atoms with Gasteiger partial charge in [0, 0.05) is 10.6 Å². The molecule has 2 rings (SSSR count). The van der Waals surface area contributed by atoms with Crippen LogP contribution in [0.15, 0.2) is 35.7 Å². The van der Waals surface area contributed by atoms with E-state index in [2.05, 4.69) is 5.32 Å². The Morgan fingerprint density at radius 1 is 1.44 bits per heavy atom. The number of aryl methyl sites for hydroxylation is 1. The minimum Gasteiger partial charge on any atom is -0.324 e. The molecule has 5 heteroatoms. The number of rotatable bonds is 3. The van der Waals surface area contributed by atoms with Gasteiger partial charge in [-0.25, -0.2) is 4.39 Å². The molecule has 2 aromatic rings. The van der Waals surface area contributed by atoms with Gasteiger partial charge in [0.2, 0.25) is 5.91 Å². The molecule has 1 atom stereocenters. The van der Waals surface area contributed by atoms with Gasteiger partial charge in [0.05, 0.1) is 0 Å². The van der Waals surface area contributed by atoms with Crippen molar-refractivity contribution in [2.75, 3.05) is 5.32 Å². The lowest BCUT2D eigenvalue weighted by Crippen LogP contribution is -2.27. The second-order valence-electron chi connectivity index (χ2n) is 3.94. The van der Waals surface area contributed by atoms with E-state index in [1.807, 2.05) is 11.4 Å². The zero-order valence-corrected chi connectivity index (χ0v) is 10.6. The molecule has 1 heterocycles. The number of nitrogens with one attached hydrogen (secondary N) is 1. The van der Waals surface area contributed by atoms with E-state index >= 15 is 0 Å². The molecule has 1 aromatic carbocycles. The first-order valence-electron chi connectivity index (χ1n) is 5.44. The quantitative estimate of drug-likeness (QED) is 0.895. The smallest absolute Gasteiger partial charge is 0.246 e. The molecule has 1 amide bonds. The number of anilines is 1. The Balaban J connectivity index is 2.14. The van der Waals surface area contributed by atoms with Gasteiger partial charge in [0.1, 0.15) is 11.9 Å². The molecule has 3 N–H and O–H groups in total. The highest BCUT2D eigenvalue weighted by Gasteiger charge is 2.17. The second-order valence-corrected chi connectivity index (χ2v) is 4.92. The van der Waals surface area contributed by atoms with Gasteiger partial charge in [-0.2, -0.15) is 0 Å². The molecule has 0 fully saturated rings. The Morgan fingerprint density at radius 3 is 2.89 bits per heavy atom. The lowest BCUT2D eigenvalue weighted by molar-refractivity contribution is -0.117. The molecule has 3 nitrogen and oxygen atoms in total. The number of thiophene rings is 1. The molecule has 0 bridgehead atoms. The predicted molar refractivity (Wildman–Crippen MR) is 71.0 cm³/mol. The molecule has 0 spiro atoms. The number of carbonyl (C=O) groups is 1. The van der Waals surface area contributed by atoms with Gasteiger partial charge in [-0.05, 0) is 36.1 Å². The Kier molecular flexibility index (Phi) is 3.74. The van der Waals surface area contributed by atoms with E-state index in [1.54, 1.807) is 19.1 Å². The van der Waals surface area contributed by atoms with Crippen molar-refractivity contribution < 1.29 is 9.18 Å². The highest BCUT2D eigenvalue weighted by Crippen LogP contribution is 2.21. The van der Waals surface area contributed by atoms with E-state index in [4.69, 9.17) is 5.73 Å². The molecular weight excluding hydrogens is 251 g/mol. The number of halogens is 1. The van der Waals surface area contributed by atoms with Crippen molar-refractivity contribution in [3.8, 4) is 0 Å². The summed E-state index contributed by atoms with van der Waals surface area (Å²) in [6.07, 6.45) is 0. The van der Waals surface area contributed by atoms with Crippen LogP contribution in [0.25, 0.3) is 0 Å². The lowest BCUT2D eigenvalue weighted by Gasteiger charge is -2.12. The molecule has 0 saturated carbocycles. The van der Waals surface area contributed by atoms with E-state index < -0.39 is 6.04 Å². The summed E-state index contributed by atoms with van der Waals surface area (Å²) in [5, 5.41) is 4.50. The first-order valence-corrected chi connectivity index (χ1v) is 6.32. The summed E-state index contributed by atoms with van der Waals surface area (Å²) in [4.78, 5) is 12.7. The zero-order valence-electron chi connectivity index (χ0n) is 9.81. The maximum Gasteiger partial charge on any atom is 0.246 e. The molecular formula is C13H13FN2OS. The summed E-state index contributed by atoms with van der Waals surface area (Å²) in [6.45, 7) is 1.80. The van der Waals surface area contributed by atoms with Gasteiger partial charge >= 0.3 is 0 Å². The number of hydrogen-bond donors (Lipinski definition) is 2. The topological polar surface area (TPSA) is 55.1 Å². The molecule has 0 aliphatic carbocycles. The number of benzene rings is 1. The standard InChI is InChI=1S/C13H13FN2OS/c1-8-4-5-9(14)7-10(8)16-13(17)12(15)11-3-2-6-18-11/h2-7,12H,15H2,1H3,(H,16,17). The normalized spacial score (nSPS) is 12.2. The van der Waals surface area contributed by atoms with Crippen LogP contribution in [0.5, 0.6) is 0 Å². The highest BCUT2D eigenvalue weighted by molar-refractivity contribution is 7.10. The lowest BCUT2D eigenvalue weighted by atomic mass is 10.1. The van der Waals surface area contributed by atoms with Gasteiger partial charge in [0.15, 0.2) is 0 Å². The summed E-state index contributed by atoms with van der Waals surface area (Å²) in [7, 11) is 0. The van der Waals surface area contributed by atoms with E-state index in [0.717, 1.165) is 10.4 Å². The maximum absolute atomic E-state index is 13.1. The Bertz CT molecular complexity index is 554. The molecule has 94 valence electrons. The maximum atomic E-state index is 13.1. The van der Waals surface area contributed by atoms with E-state index in [0.29, 0.717) is 5.69 Å². The molecule has 0 aliphatic heterocycles. The van der Waals surface area contributed by atoms with Crippen molar-refractivity contribution in [2.24, 2.45) is 5.73 Å². The van der Waals surface area contributed by atoms with Crippen molar-refractivity contribution in [3.05, 3.63) is 52.0 Å². The molecule has 0 aliphatic rings. The highest BCUT2D eigenvalue weighted by atomic mass is 32.1. The van der Waals surface area contributed by atoms with Crippen molar-refractivity contribution in [2.45, 2.75) is 13.0 Å². The van der Waals surface area contributed by atoms with E-state index in [9.17, 15) is 9.18 Å². The largest absolute Gasteiger partial charge is 0.324 e. The van der Waals surface area contributed by atoms with E-state index in [1.165, 1.54) is 23.5 Å². The van der Waals surface area contributed by atoms with Crippen LogP contribution < -0.4 is 11.1 Å². The third-order valence-electron chi connectivity index (χ3n) is 2.59. The summed E-state index contributed by atoms with van der Waals surface area (Å²) < 4.78 is 13.1. The molecule has 0 radical (unpaired) electrons. The summed E-state index contributed by atoms with van der Waals surface area (Å²) >= 11 is 1.42. The number of carbonyl (C=O) groups excluding carboxylic acids is 1. The predicted octanol–water partition coefficient (Wildman–Crippen LogP) is 2.83. The minimum absolute atomic E-state index is 0.342. The monoisotopic (exact) mass is 264 g/mol. The third kappa shape index (κ3) is 2.75. The van der Waals surface area contributed by atoms with Gasteiger partial charge in [-0.15, -0.1) is 11.3 Å². The molecule has 0 saturated heterocycles. The van der Waals surface area contributed by atoms with Crippen LogP contribution in [-0.2, 0) is 4.79 Å². The number of amides is 1. The van der Waals surface area contributed by atoms with E-state index in [-0.39, 0.29) is 11.7 Å². The van der Waals surface area contributed by atoms with Crippen molar-refractivity contribution in [3.63, 3.8) is 0 Å². The van der Waals surface area contributed by atoms with Crippen LogP contribution in [0.4, 0.5) is 10.1 Å². The average Bonchev–Trinajstić information content (AvgIpc) is 2.86. The summed E-state index contributed by atoms with van der Waals surface area (Å²) in [5.74, 6) is -0.730. The first kappa shape index (κ1) is 12.7. The zero-order chi connectivity index (χ0) is 13.1. The van der Waals surface area contributed by atoms with Crippen LogP contribution in [0.1, 0.15) is 16.5 Å². The van der Waals surface area contributed by atoms with Crippen molar-refractivity contribution in [1.82, 2.24) is 0 Å². The Hall–Kier alpha value is -1.72. The summed E-state index contributed by atoms with van der Waals surface area (Å²) in [5.41, 5.74) is 7.07. The van der Waals surface area contributed by atoms with Crippen molar-refractivity contribution >= 4 is 22.9 Å². The van der Waals surface area contributed by atoms with Crippen LogP contribution >= 0.6 is 11.3 Å². The SMILES string of the molecule is Cc1ccc(F)cc1NC(=O)C(N)c1cccs1. The van der Waals surface area contributed by atoms with Crippen molar-refractivity contribution in [1.29, 1.82) is 0 Å². The molecule has 18 heavy (non-hydrogen) atoms. The van der Waals surface area contributed by atoms with Gasteiger partial charge in [-0.3, -0.25) is 4.79 Å². The first-order chi connectivity index (χ1) is 8.58. The third-order valence-corrected chi connectivity index (χ3v) is 3.55. The molecule has 1 unspecified atom stereocenters. The number of hydrogen-bond acceptors (Lipinski definition) is 3. The fourth-order valence-corrected chi connectivity index (χ4v) is 2.26. The average molecular weight is 264 g/mol. The Morgan fingerprint density at radius 2 is 2.22 bits per heavy atom. The fraction of sp³-hybridized carbons (Fsp3) is 0.154. The minimum atomic E-state index is -0.729. The number of nitrogens with two attached hydrogens (primary N) is 1. The Labute approximate surface area is 108 Å².